The maximum absolute atomic E-state index is 13.0. The van der Waals surface area contributed by atoms with Crippen LogP contribution in [-0.2, 0) is 10.0 Å². The third-order valence-electron chi connectivity index (χ3n) is 4.30. The first-order valence-electron chi connectivity index (χ1n) is 8.08. The average Bonchev–Trinajstić information content (AvgIpc) is 2.68. The van der Waals surface area contributed by atoms with Crippen molar-refractivity contribution in [3.05, 3.63) is 70.0 Å². The number of amides is 1. The molecule has 0 N–H and O–H groups in total. The summed E-state index contributed by atoms with van der Waals surface area (Å²) < 4.78 is 39.5. The SMILES string of the molecule is O=C(c1ccc(F)cc1)N1CCN(S(=O)(=O)c2ccc([N+](=O)[O-])cc2)CC1. The Kier molecular flexibility index (Phi) is 5.19. The largest absolute Gasteiger partial charge is 0.336 e. The summed E-state index contributed by atoms with van der Waals surface area (Å²) in [5, 5.41) is 10.7. The van der Waals surface area contributed by atoms with Crippen molar-refractivity contribution in [1.29, 1.82) is 0 Å². The van der Waals surface area contributed by atoms with E-state index in [1.807, 2.05) is 0 Å². The molecule has 0 atom stereocenters. The molecule has 10 heteroatoms. The first-order chi connectivity index (χ1) is 12.8. The third-order valence-corrected chi connectivity index (χ3v) is 6.22. The number of nitro groups is 1. The highest BCUT2D eigenvalue weighted by molar-refractivity contribution is 7.89. The second-order valence-electron chi connectivity index (χ2n) is 5.95. The molecule has 0 aliphatic carbocycles. The summed E-state index contributed by atoms with van der Waals surface area (Å²) in [7, 11) is -3.80. The highest BCUT2D eigenvalue weighted by atomic mass is 32.2. The van der Waals surface area contributed by atoms with Crippen molar-refractivity contribution in [2.75, 3.05) is 26.2 Å². The lowest BCUT2D eigenvalue weighted by Crippen LogP contribution is -2.50. The predicted octanol–water partition coefficient (Wildman–Crippen LogP) is 1.88. The van der Waals surface area contributed by atoms with Gasteiger partial charge >= 0.3 is 0 Å². The van der Waals surface area contributed by atoms with Crippen LogP contribution in [0.25, 0.3) is 0 Å². The van der Waals surface area contributed by atoms with Crippen molar-refractivity contribution in [2.24, 2.45) is 0 Å². The number of nitro benzene ring substituents is 1. The highest BCUT2D eigenvalue weighted by Gasteiger charge is 2.30. The van der Waals surface area contributed by atoms with Crippen molar-refractivity contribution in [1.82, 2.24) is 9.21 Å². The molecule has 1 aliphatic rings. The maximum atomic E-state index is 13.0. The predicted molar refractivity (Wildman–Crippen MR) is 94.2 cm³/mol. The van der Waals surface area contributed by atoms with Gasteiger partial charge in [-0.1, -0.05) is 0 Å². The van der Waals surface area contributed by atoms with E-state index in [0.717, 1.165) is 12.1 Å². The van der Waals surface area contributed by atoms with Gasteiger partial charge in [-0.3, -0.25) is 14.9 Å². The Balaban J connectivity index is 1.68. The van der Waals surface area contributed by atoms with E-state index in [1.165, 1.54) is 45.6 Å². The Morgan fingerprint density at radius 3 is 2.04 bits per heavy atom. The molecule has 2 aromatic rings. The standard InChI is InChI=1S/C17H16FN3O5S/c18-14-3-1-13(2-4-14)17(22)19-9-11-20(12-10-19)27(25,26)16-7-5-15(6-8-16)21(23)24/h1-8H,9-12H2. The summed E-state index contributed by atoms with van der Waals surface area (Å²) in [6, 6.07) is 9.84. The second kappa shape index (κ2) is 7.41. The number of carbonyl (C=O) groups excluding carboxylic acids is 1. The quantitative estimate of drug-likeness (QED) is 0.583. The highest BCUT2D eigenvalue weighted by Crippen LogP contribution is 2.21. The molecule has 3 rings (SSSR count). The van der Waals surface area contributed by atoms with E-state index in [2.05, 4.69) is 0 Å². The number of nitrogens with zero attached hydrogens (tertiary/aromatic N) is 3. The van der Waals surface area contributed by atoms with E-state index in [-0.39, 0.29) is 42.7 Å². The molecule has 0 bridgehead atoms. The minimum atomic E-state index is -3.80. The maximum Gasteiger partial charge on any atom is 0.269 e. The van der Waals surface area contributed by atoms with Crippen LogP contribution in [0.3, 0.4) is 0 Å². The summed E-state index contributed by atoms with van der Waals surface area (Å²) in [4.78, 5) is 24.0. The van der Waals surface area contributed by atoms with Gasteiger partial charge in [-0.05, 0) is 36.4 Å². The van der Waals surface area contributed by atoms with Gasteiger partial charge in [0.1, 0.15) is 5.82 Å². The number of hydrogen-bond donors (Lipinski definition) is 0. The van der Waals surface area contributed by atoms with Gasteiger partial charge in [0.15, 0.2) is 0 Å². The van der Waals surface area contributed by atoms with Gasteiger partial charge < -0.3 is 4.90 Å². The van der Waals surface area contributed by atoms with Crippen molar-refractivity contribution in [2.45, 2.75) is 4.90 Å². The summed E-state index contributed by atoms with van der Waals surface area (Å²) in [5.41, 5.74) is 0.145. The monoisotopic (exact) mass is 393 g/mol. The van der Waals surface area contributed by atoms with Gasteiger partial charge in [-0.25, -0.2) is 12.8 Å². The Bertz CT molecular complexity index is 953. The molecular formula is C17H16FN3O5S. The van der Waals surface area contributed by atoms with Gasteiger partial charge in [0.25, 0.3) is 11.6 Å². The van der Waals surface area contributed by atoms with Crippen LogP contribution < -0.4 is 0 Å². The van der Waals surface area contributed by atoms with Crippen LogP contribution in [0.2, 0.25) is 0 Å². The molecule has 1 amide bonds. The summed E-state index contributed by atoms with van der Waals surface area (Å²) in [6.45, 7) is 0.601. The molecule has 1 heterocycles. The number of non-ortho nitro benzene ring substituents is 1. The number of rotatable bonds is 4. The number of benzene rings is 2. The molecule has 0 radical (unpaired) electrons. The number of carbonyl (C=O) groups is 1. The molecule has 0 spiro atoms. The zero-order valence-electron chi connectivity index (χ0n) is 14.1. The van der Waals surface area contributed by atoms with Crippen molar-refractivity contribution < 1.29 is 22.5 Å². The Morgan fingerprint density at radius 2 is 1.52 bits per heavy atom. The summed E-state index contributed by atoms with van der Waals surface area (Å²) >= 11 is 0. The fraction of sp³-hybridized carbons (Fsp3) is 0.235. The minimum Gasteiger partial charge on any atom is -0.336 e. The van der Waals surface area contributed by atoms with Gasteiger partial charge in [-0.15, -0.1) is 0 Å². The van der Waals surface area contributed by atoms with E-state index in [9.17, 15) is 27.7 Å². The average molecular weight is 393 g/mol. The number of halogens is 1. The van der Waals surface area contributed by atoms with Gasteiger partial charge in [-0.2, -0.15) is 4.31 Å². The molecule has 0 unspecified atom stereocenters. The van der Waals surface area contributed by atoms with Crippen LogP contribution in [0.1, 0.15) is 10.4 Å². The van der Waals surface area contributed by atoms with Crippen LogP contribution in [-0.4, -0.2) is 54.6 Å². The Morgan fingerprint density at radius 1 is 0.963 bits per heavy atom. The lowest BCUT2D eigenvalue weighted by Gasteiger charge is -2.34. The second-order valence-corrected chi connectivity index (χ2v) is 7.89. The van der Waals surface area contributed by atoms with Gasteiger partial charge in [0, 0.05) is 43.9 Å². The molecule has 8 nitrogen and oxygen atoms in total. The first kappa shape index (κ1) is 18.9. The molecule has 0 saturated carbocycles. The third kappa shape index (κ3) is 3.96. The number of hydrogen-bond acceptors (Lipinski definition) is 5. The van der Waals surface area contributed by atoms with E-state index >= 15 is 0 Å². The molecule has 142 valence electrons. The summed E-state index contributed by atoms with van der Waals surface area (Å²) in [6.07, 6.45) is 0. The fourth-order valence-electron chi connectivity index (χ4n) is 2.80. The zero-order chi connectivity index (χ0) is 19.6. The van der Waals surface area contributed by atoms with E-state index in [4.69, 9.17) is 0 Å². The van der Waals surface area contributed by atoms with E-state index in [0.29, 0.717) is 5.56 Å². The molecule has 2 aromatic carbocycles. The molecule has 1 aliphatic heterocycles. The van der Waals surface area contributed by atoms with E-state index < -0.39 is 20.8 Å². The van der Waals surface area contributed by atoms with Crippen LogP contribution in [0.5, 0.6) is 0 Å². The molecule has 0 aromatic heterocycles. The molecule has 1 fully saturated rings. The van der Waals surface area contributed by atoms with Crippen molar-refractivity contribution in [3.8, 4) is 0 Å². The number of sulfonamides is 1. The Hall–Kier alpha value is -2.85. The lowest BCUT2D eigenvalue weighted by molar-refractivity contribution is -0.384. The fourth-order valence-corrected chi connectivity index (χ4v) is 4.22. The number of piperazine rings is 1. The molecule has 27 heavy (non-hydrogen) atoms. The first-order valence-corrected chi connectivity index (χ1v) is 9.52. The summed E-state index contributed by atoms with van der Waals surface area (Å²) in [5.74, 6) is -0.729. The van der Waals surface area contributed by atoms with Crippen LogP contribution >= 0.6 is 0 Å². The molecular weight excluding hydrogens is 377 g/mol. The normalized spacial score (nSPS) is 15.5. The molecule has 1 saturated heterocycles. The Labute approximate surface area is 155 Å². The zero-order valence-corrected chi connectivity index (χ0v) is 14.9. The van der Waals surface area contributed by atoms with Crippen LogP contribution in [0, 0.1) is 15.9 Å². The van der Waals surface area contributed by atoms with Crippen LogP contribution in [0.15, 0.2) is 53.4 Å². The van der Waals surface area contributed by atoms with E-state index in [1.54, 1.807) is 0 Å². The van der Waals surface area contributed by atoms with Crippen molar-refractivity contribution >= 4 is 21.6 Å². The smallest absolute Gasteiger partial charge is 0.269 e. The van der Waals surface area contributed by atoms with Crippen LogP contribution in [0.4, 0.5) is 10.1 Å². The van der Waals surface area contributed by atoms with Crippen molar-refractivity contribution in [3.63, 3.8) is 0 Å². The topological polar surface area (TPSA) is 101 Å². The van der Waals surface area contributed by atoms with Gasteiger partial charge in [0.2, 0.25) is 10.0 Å². The van der Waals surface area contributed by atoms with Gasteiger partial charge in [0.05, 0.1) is 9.82 Å². The minimum absolute atomic E-state index is 0.0357. The lowest BCUT2D eigenvalue weighted by atomic mass is 10.2.